The molecule has 0 radical (unpaired) electrons. The van der Waals surface area contributed by atoms with Gasteiger partial charge in [-0.05, 0) is 48.0 Å². The zero-order valence-electron chi connectivity index (χ0n) is 16.5. The second-order valence-electron chi connectivity index (χ2n) is 6.72. The van der Waals surface area contributed by atoms with E-state index in [-0.39, 0.29) is 18.1 Å². The number of alkyl halides is 2. The van der Waals surface area contributed by atoms with Crippen molar-refractivity contribution >= 4 is 22.6 Å². The fourth-order valence-corrected chi connectivity index (χ4v) is 3.03. The standard InChI is InChI=1S/C22H18F2N4O3/c1-28-11-10-18-20(28)25-13-26-21(18)30-16-8-4-15(5-9-16)27-19(29)12-14-2-6-17(7-3-14)31-22(23)24/h2-11,13,22H,12H2,1H3,(H,27,29). The predicted octanol–water partition coefficient (Wildman–Crippen LogP) is 4.54. The normalized spacial score (nSPS) is 11.0. The topological polar surface area (TPSA) is 78.3 Å². The number of carbonyl (C=O) groups is 1. The van der Waals surface area contributed by atoms with E-state index in [0.29, 0.717) is 22.9 Å². The number of anilines is 1. The number of carbonyl (C=O) groups excluding carboxylic acids is 1. The molecule has 0 fully saturated rings. The molecular weight excluding hydrogens is 406 g/mol. The Labute approximate surface area is 176 Å². The molecule has 7 nitrogen and oxygen atoms in total. The predicted molar refractivity (Wildman–Crippen MR) is 110 cm³/mol. The molecule has 9 heteroatoms. The summed E-state index contributed by atoms with van der Waals surface area (Å²) in [7, 11) is 1.89. The highest BCUT2D eigenvalue weighted by atomic mass is 19.3. The summed E-state index contributed by atoms with van der Waals surface area (Å²) >= 11 is 0. The maximum Gasteiger partial charge on any atom is 0.387 e. The first-order valence-electron chi connectivity index (χ1n) is 9.35. The van der Waals surface area contributed by atoms with Gasteiger partial charge in [0.1, 0.15) is 23.5 Å². The molecule has 0 aliphatic heterocycles. The Balaban J connectivity index is 1.36. The number of rotatable bonds is 7. The van der Waals surface area contributed by atoms with Crippen molar-refractivity contribution in [3.05, 3.63) is 72.7 Å². The summed E-state index contributed by atoms with van der Waals surface area (Å²) in [5.41, 5.74) is 2.04. The Morgan fingerprint density at radius 1 is 1.03 bits per heavy atom. The molecule has 0 aliphatic carbocycles. The summed E-state index contributed by atoms with van der Waals surface area (Å²) in [6.45, 7) is -2.88. The van der Waals surface area contributed by atoms with Crippen LogP contribution in [-0.2, 0) is 18.3 Å². The molecule has 1 N–H and O–H groups in total. The highest BCUT2D eigenvalue weighted by Gasteiger charge is 2.10. The molecule has 2 aromatic carbocycles. The minimum Gasteiger partial charge on any atom is -0.438 e. The van der Waals surface area contributed by atoms with Crippen molar-refractivity contribution in [1.29, 1.82) is 0 Å². The molecule has 158 valence electrons. The number of aryl methyl sites for hydroxylation is 1. The van der Waals surface area contributed by atoms with Gasteiger partial charge >= 0.3 is 6.61 Å². The van der Waals surface area contributed by atoms with Gasteiger partial charge in [0.15, 0.2) is 0 Å². The SMILES string of the molecule is Cn1ccc2c(Oc3ccc(NC(=O)Cc4ccc(OC(F)F)cc4)cc3)ncnc21. The van der Waals surface area contributed by atoms with Gasteiger partial charge in [0.2, 0.25) is 11.8 Å². The Morgan fingerprint density at radius 3 is 2.45 bits per heavy atom. The van der Waals surface area contributed by atoms with E-state index in [9.17, 15) is 13.6 Å². The van der Waals surface area contributed by atoms with Crippen molar-refractivity contribution < 1.29 is 23.0 Å². The lowest BCUT2D eigenvalue weighted by molar-refractivity contribution is -0.115. The lowest BCUT2D eigenvalue weighted by atomic mass is 10.1. The molecule has 0 saturated heterocycles. The second kappa shape index (κ2) is 8.78. The van der Waals surface area contributed by atoms with E-state index in [2.05, 4.69) is 20.0 Å². The summed E-state index contributed by atoms with van der Waals surface area (Å²) in [5.74, 6) is 0.822. The van der Waals surface area contributed by atoms with Crippen LogP contribution in [0.3, 0.4) is 0 Å². The minimum atomic E-state index is -2.88. The van der Waals surface area contributed by atoms with Crippen molar-refractivity contribution in [2.75, 3.05) is 5.32 Å². The van der Waals surface area contributed by atoms with Crippen LogP contribution in [-0.4, -0.2) is 27.1 Å². The number of ether oxygens (including phenoxy) is 2. The zero-order valence-corrected chi connectivity index (χ0v) is 16.5. The van der Waals surface area contributed by atoms with Gasteiger partial charge in [-0.2, -0.15) is 8.78 Å². The van der Waals surface area contributed by atoms with Crippen LogP contribution in [0.2, 0.25) is 0 Å². The Hall–Kier alpha value is -4.01. The lowest BCUT2D eigenvalue weighted by Crippen LogP contribution is -2.14. The zero-order chi connectivity index (χ0) is 21.8. The van der Waals surface area contributed by atoms with Gasteiger partial charge < -0.3 is 19.4 Å². The number of hydrogen-bond acceptors (Lipinski definition) is 5. The molecule has 2 aromatic heterocycles. The molecule has 0 unspecified atom stereocenters. The monoisotopic (exact) mass is 424 g/mol. The molecular formula is C22H18F2N4O3. The maximum atomic E-state index is 12.3. The van der Waals surface area contributed by atoms with Crippen molar-refractivity contribution in [2.45, 2.75) is 13.0 Å². The first-order chi connectivity index (χ1) is 15.0. The van der Waals surface area contributed by atoms with Crippen LogP contribution in [0, 0.1) is 0 Å². The van der Waals surface area contributed by atoms with Gasteiger partial charge in [0.25, 0.3) is 0 Å². The molecule has 4 rings (SSSR count). The van der Waals surface area contributed by atoms with E-state index in [1.165, 1.54) is 18.5 Å². The van der Waals surface area contributed by atoms with Crippen molar-refractivity contribution in [2.24, 2.45) is 7.05 Å². The first-order valence-corrected chi connectivity index (χ1v) is 9.35. The largest absolute Gasteiger partial charge is 0.438 e. The molecule has 0 saturated carbocycles. The molecule has 0 bridgehead atoms. The van der Waals surface area contributed by atoms with Crippen LogP contribution in [0.1, 0.15) is 5.56 Å². The number of hydrogen-bond donors (Lipinski definition) is 1. The Bertz CT molecular complexity index is 1190. The lowest BCUT2D eigenvalue weighted by Gasteiger charge is -2.09. The van der Waals surface area contributed by atoms with Crippen LogP contribution in [0.15, 0.2) is 67.1 Å². The van der Waals surface area contributed by atoms with Gasteiger partial charge in [-0.15, -0.1) is 0 Å². The molecule has 0 aliphatic rings. The Kier molecular flexibility index (Phi) is 5.74. The van der Waals surface area contributed by atoms with E-state index >= 15 is 0 Å². The number of fused-ring (bicyclic) bond motifs is 1. The molecule has 2 heterocycles. The summed E-state index contributed by atoms with van der Waals surface area (Å²) in [6.07, 6.45) is 3.42. The fourth-order valence-electron chi connectivity index (χ4n) is 3.03. The number of aromatic nitrogens is 3. The maximum absolute atomic E-state index is 12.3. The molecule has 1 amide bonds. The van der Waals surface area contributed by atoms with Gasteiger partial charge in [-0.25, -0.2) is 9.97 Å². The van der Waals surface area contributed by atoms with Crippen molar-refractivity contribution in [3.8, 4) is 17.4 Å². The third-order valence-corrected chi connectivity index (χ3v) is 4.49. The summed E-state index contributed by atoms with van der Waals surface area (Å²) in [4.78, 5) is 20.7. The van der Waals surface area contributed by atoms with Crippen LogP contribution in [0.5, 0.6) is 17.4 Å². The van der Waals surface area contributed by atoms with E-state index in [0.717, 1.165) is 11.0 Å². The molecule has 31 heavy (non-hydrogen) atoms. The smallest absolute Gasteiger partial charge is 0.387 e. The first kappa shape index (κ1) is 20.3. The number of benzene rings is 2. The summed E-state index contributed by atoms with van der Waals surface area (Å²) < 4.78 is 36.4. The highest BCUT2D eigenvalue weighted by molar-refractivity contribution is 5.92. The third-order valence-electron chi connectivity index (χ3n) is 4.49. The molecule has 0 atom stereocenters. The summed E-state index contributed by atoms with van der Waals surface area (Å²) in [5, 5.41) is 3.59. The van der Waals surface area contributed by atoms with Gasteiger partial charge in [0, 0.05) is 18.9 Å². The second-order valence-corrected chi connectivity index (χ2v) is 6.72. The van der Waals surface area contributed by atoms with Crippen LogP contribution >= 0.6 is 0 Å². The van der Waals surface area contributed by atoms with Gasteiger partial charge in [-0.1, -0.05) is 12.1 Å². The van der Waals surface area contributed by atoms with E-state index in [1.54, 1.807) is 36.4 Å². The van der Waals surface area contributed by atoms with E-state index in [4.69, 9.17) is 4.74 Å². The van der Waals surface area contributed by atoms with E-state index in [1.807, 2.05) is 23.9 Å². The Morgan fingerprint density at radius 2 is 1.74 bits per heavy atom. The van der Waals surface area contributed by atoms with Gasteiger partial charge in [-0.3, -0.25) is 4.79 Å². The average Bonchev–Trinajstić information content (AvgIpc) is 3.12. The van der Waals surface area contributed by atoms with Crippen molar-refractivity contribution in [1.82, 2.24) is 14.5 Å². The van der Waals surface area contributed by atoms with Crippen LogP contribution in [0.25, 0.3) is 11.0 Å². The third kappa shape index (κ3) is 4.95. The molecule has 4 aromatic rings. The van der Waals surface area contributed by atoms with Crippen LogP contribution in [0.4, 0.5) is 14.5 Å². The quantitative estimate of drug-likeness (QED) is 0.471. The number of nitrogens with zero attached hydrogens (tertiary/aromatic N) is 3. The fraction of sp³-hybridized carbons (Fsp3) is 0.136. The van der Waals surface area contributed by atoms with Crippen LogP contribution < -0.4 is 14.8 Å². The van der Waals surface area contributed by atoms with Crippen molar-refractivity contribution in [3.63, 3.8) is 0 Å². The number of amides is 1. The highest BCUT2D eigenvalue weighted by Crippen LogP contribution is 2.27. The average molecular weight is 424 g/mol. The van der Waals surface area contributed by atoms with E-state index < -0.39 is 6.61 Å². The van der Waals surface area contributed by atoms with Gasteiger partial charge in [0.05, 0.1) is 11.8 Å². The summed E-state index contributed by atoms with van der Waals surface area (Å²) in [6, 6.07) is 14.7. The molecule has 0 spiro atoms. The minimum absolute atomic E-state index is 0.0474. The number of nitrogens with one attached hydrogen (secondary N) is 1. The number of halogens is 2.